The van der Waals surface area contributed by atoms with Gasteiger partial charge in [-0.25, -0.2) is 0 Å². The lowest BCUT2D eigenvalue weighted by atomic mass is 9.95. The molecule has 0 saturated heterocycles. The fourth-order valence-corrected chi connectivity index (χ4v) is 3.08. The minimum Gasteiger partial charge on any atom is -0.362 e. The predicted octanol–water partition coefficient (Wildman–Crippen LogP) is 3.53. The van der Waals surface area contributed by atoms with E-state index in [2.05, 4.69) is 44.9 Å². The smallest absolute Gasteiger partial charge is 0.156 e. The molecule has 0 aliphatic carbocycles. The molecule has 0 amide bonds. The number of rotatable bonds is 4. The van der Waals surface area contributed by atoms with E-state index in [1.54, 1.807) is 0 Å². The van der Waals surface area contributed by atoms with Crippen LogP contribution in [0.4, 0.5) is 0 Å². The molecule has 0 fully saturated rings. The third-order valence-electron chi connectivity index (χ3n) is 3.36. The summed E-state index contributed by atoms with van der Waals surface area (Å²) in [6.07, 6.45) is 2.49. The van der Waals surface area contributed by atoms with Gasteiger partial charge < -0.3 is 5.32 Å². The van der Waals surface area contributed by atoms with Crippen LogP contribution in [-0.4, -0.2) is 23.5 Å². The van der Waals surface area contributed by atoms with Crippen molar-refractivity contribution in [3.63, 3.8) is 0 Å². The van der Waals surface area contributed by atoms with Crippen LogP contribution in [0.15, 0.2) is 4.99 Å². The van der Waals surface area contributed by atoms with E-state index in [4.69, 9.17) is 0 Å². The van der Waals surface area contributed by atoms with Gasteiger partial charge in [0.1, 0.15) is 0 Å². The fourth-order valence-electron chi connectivity index (χ4n) is 2.04. The van der Waals surface area contributed by atoms with Crippen molar-refractivity contribution < 1.29 is 0 Å². The van der Waals surface area contributed by atoms with Crippen LogP contribution >= 0.6 is 11.8 Å². The Morgan fingerprint density at radius 3 is 2.44 bits per heavy atom. The van der Waals surface area contributed by atoms with Gasteiger partial charge in [-0.05, 0) is 18.3 Å². The van der Waals surface area contributed by atoms with Gasteiger partial charge in [0.05, 0.1) is 0 Å². The maximum atomic E-state index is 4.64. The fraction of sp³-hybridized carbons (Fsp3) is 0.923. The molecule has 0 spiro atoms. The predicted molar refractivity (Wildman–Crippen MR) is 75.2 cm³/mol. The molecule has 1 unspecified atom stereocenters. The topological polar surface area (TPSA) is 24.4 Å². The van der Waals surface area contributed by atoms with E-state index in [1.165, 1.54) is 18.6 Å². The molecular weight excluding hydrogens is 216 g/mol. The zero-order chi connectivity index (χ0) is 12.2. The molecule has 1 atom stereocenters. The number of nitrogens with one attached hydrogen (secondary N) is 1. The molecular formula is C13H26N2S. The molecule has 3 heteroatoms. The largest absolute Gasteiger partial charge is 0.362 e. The first-order chi connectivity index (χ1) is 7.48. The minimum absolute atomic E-state index is 0.369. The zero-order valence-corrected chi connectivity index (χ0v) is 12.2. The van der Waals surface area contributed by atoms with E-state index >= 15 is 0 Å². The van der Waals surface area contributed by atoms with Crippen LogP contribution in [0.2, 0.25) is 0 Å². The monoisotopic (exact) mass is 242 g/mol. The Morgan fingerprint density at radius 2 is 2.00 bits per heavy atom. The lowest BCUT2D eigenvalue weighted by molar-refractivity contribution is 0.389. The molecule has 2 nitrogen and oxygen atoms in total. The third kappa shape index (κ3) is 4.00. The molecule has 0 radical (unpaired) electrons. The van der Waals surface area contributed by atoms with E-state index < -0.39 is 0 Å². The maximum absolute atomic E-state index is 4.64. The highest BCUT2D eigenvalue weighted by molar-refractivity contribution is 8.13. The molecule has 1 N–H and O–H groups in total. The van der Waals surface area contributed by atoms with Crippen LogP contribution in [0, 0.1) is 11.3 Å². The number of amidine groups is 1. The molecule has 0 saturated carbocycles. The van der Waals surface area contributed by atoms with Crippen LogP contribution in [-0.2, 0) is 0 Å². The van der Waals surface area contributed by atoms with Crippen LogP contribution in [0.25, 0.3) is 0 Å². The summed E-state index contributed by atoms with van der Waals surface area (Å²) >= 11 is 1.88. The summed E-state index contributed by atoms with van der Waals surface area (Å²) < 4.78 is 0. The molecule has 0 aromatic heterocycles. The van der Waals surface area contributed by atoms with Crippen molar-refractivity contribution in [3.05, 3.63) is 0 Å². The number of aliphatic imine (C=N–C) groups is 1. The average Bonchev–Trinajstić information content (AvgIpc) is 2.23. The standard InChI is InChI=1S/C13H26N2S/c1-6-11(7-2)10(3)15-12-14-8-13(4,5)9-16-12/h10-11H,6-9H2,1-5H3,(H,14,15). The summed E-state index contributed by atoms with van der Waals surface area (Å²) in [6.45, 7) is 12.3. The minimum atomic E-state index is 0.369. The summed E-state index contributed by atoms with van der Waals surface area (Å²) in [7, 11) is 0. The van der Waals surface area contributed by atoms with Crippen LogP contribution in [0.3, 0.4) is 0 Å². The van der Waals surface area contributed by atoms with Crippen molar-refractivity contribution in [3.8, 4) is 0 Å². The highest BCUT2D eigenvalue weighted by Crippen LogP contribution is 2.27. The molecule has 0 bridgehead atoms. The van der Waals surface area contributed by atoms with Gasteiger partial charge in [-0.1, -0.05) is 52.3 Å². The van der Waals surface area contributed by atoms with Gasteiger partial charge in [-0.3, -0.25) is 4.99 Å². The second kappa shape index (κ2) is 5.95. The highest BCUT2D eigenvalue weighted by Gasteiger charge is 2.24. The molecule has 16 heavy (non-hydrogen) atoms. The van der Waals surface area contributed by atoms with E-state index in [-0.39, 0.29) is 0 Å². The molecule has 0 aromatic carbocycles. The Labute approximate surface area is 105 Å². The van der Waals surface area contributed by atoms with E-state index in [0.29, 0.717) is 11.5 Å². The van der Waals surface area contributed by atoms with Crippen molar-refractivity contribution in [2.45, 2.75) is 53.5 Å². The van der Waals surface area contributed by atoms with Gasteiger partial charge >= 0.3 is 0 Å². The van der Waals surface area contributed by atoms with Gasteiger partial charge in [0.15, 0.2) is 5.17 Å². The Hall–Kier alpha value is -0.180. The van der Waals surface area contributed by atoms with Gasteiger partial charge in [0.25, 0.3) is 0 Å². The Bertz CT molecular complexity index is 244. The summed E-state index contributed by atoms with van der Waals surface area (Å²) in [5.41, 5.74) is 0.369. The van der Waals surface area contributed by atoms with Gasteiger partial charge in [-0.15, -0.1) is 0 Å². The lowest BCUT2D eigenvalue weighted by Crippen LogP contribution is -2.39. The van der Waals surface area contributed by atoms with E-state index in [9.17, 15) is 0 Å². The maximum Gasteiger partial charge on any atom is 0.156 e. The van der Waals surface area contributed by atoms with Crippen molar-refractivity contribution in [1.82, 2.24) is 5.32 Å². The Kier molecular flexibility index (Phi) is 5.16. The van der Waals surface area contributed by atoms with E-state index in [0.717, 1.165) is 17.6 Å². The molecule has 94 valence electrons. The first-order valence-electron chi connectivity index (χ1n) is 6.42. The summed E-state index contributed by atoms with van der Waals surface area (Å²) in [5, 5.41) is 4.72. The third-order valence-corrected chi connectivity index (χ3v) is 4.80. The average molecular weight is 242 g/mol. The number of thioether (sulfide) groups is 1. The normalized spacial score (nSPS) is 21.8. The van der Waals surface area contributed by atoms with Crippen LogP contribution < -0.4 is 5.32 Å². The van der Waals surface area contributed by atoms with Crippen LogP contribution in [0.5, 0.6) is 0 Å². The van der Waals surface area contributed by atoms with Crippen molar-refractivity contribution >= 4 is 16.9 Å². The van der Waals surface area contributed by atoms with Crippen molar-refractivity contribution in [2.75, 3.05) is 12.3 Å². The summed E-state index contributed by atoms with van der Waals surface area (Å²) in [5.74, 6) is 1.94. The number of hydrogen-bond acceptors (Lipinski definition) is 3. The first-order valence-corrected chi connectivity index (χ1v) is 7.41. The molecule has 1 aliphatic rings. The van der Waals surface area contributed by atoms with Crippen LogP contribution in [0.1, 0.15) is 47.5 Å². The quantitative estimate of drug-likeness (QED) is 0.815. The summed E-state index contributed by atoms with van der Waals surface area (Å²) in [6, 6.07) is 0.544. The second-order valence-corrected chi connectivity index (χ2v) is 6.55. The van der Waals surface area contributed by atoms with Crippen molar-refractivity contribution in [2.24, 2.45) is 16.3 Å². The van der Waals surface area contributed by atoms with Gasteiger partial charge in [-0.2, -0.15) is 0 Å². The highest BCUT2D eigenvalue weighted by atomic mass is 32.2. The lowest BCUT2D eigenvalue weighted by Gasteiger charge is -2.30. The molecule has 1 aliphatic heterocycles. The first kappa shape index (κ1) is 13.9. The molecule has 1 heterocycles. The number of nitrogens with zero attached hydrogens (tertiary/aromatic N) is 1. The number of hydrogen-bond donors (Lipinski definition) is 1. The van der Waals surface area contributed by atoms with Crippen molar-refractivity contribution in [1.29, 1.82) is 0 Å². The Morgan fingerprint density at radius 1 is 1.38 bits per heavy atom. The Balaban J connectivity index is 2.46. The van der Waals surface area contributed by atoms with Gasteiger partial charge in [0.2, 0.25) is 0 Å². The summed E-state index contributed by atoms with van der Waals surface area (Å²) in [4.78, 5) is 4.64. The second-order valence-electron chi connectivity index (χ2n) is 5.58. The zero-order valence-electron chi connectivity index (χ0n) is 11.3. The molecule has 0 aromatic rings. The molecule has 1 rings (SSSR count). The van der Waals surface area contributed by atoms with Gasteiger partial charge in [0, 0.05) is 18.3 Å². The van der Waals surface area contributed by atoms with E-state index in [1.807, 2.05) is 11.8 Å². The SMILES string of the molecule is CCC(CC)C(C)NC1=NCC(C)(C)CS1.